The molecule has 3 heteroatoms. The largest absolute Gasteiger partial charge is 0.469 e. The van der Waals surface area contributed by atoms with E-state index in [1.54, 1.807) is 0 Å². The van der Waals surface area contributed by atoms with Gasteiger partial charge < -0.3 is 10.1 Å². The zero-order chi connectivity index (χ0) is 8.97. The van der Waals surface area contributed by atoms with E-state index < -0.39 is 0 Å². The Morgan fingerprint density at radius 3 is 2.83 bits per heavy atom. The zero-order valence-corrected chi connectivity index (χ0v) is 7.80. The molecule has 0 radical (unpaired) electrons. The molecular formula is C9H17NO2. The first-order valence-electron chi connectivity index (χ1n) is 4.52. The maximum atomic E-state index is 10.9. The molecular weight excluding hydrogens is 154 g/mol. The standard InChI is InChI=1S/C9H17NO2/c1-7-3-4-8(6-10-7)5-9(11)12-2/h7-8,10H,3-6H2,1-2H3. The molecule has 2 unspecified atom stereocenters. The molecule has 0 aromatic rings. The Balaban J connectivity index is 2.21. The molecule has 1 saturated heterocycles. The Kier molecular flexibility index (Phi) is 3.53. The second kappa shape index (κ2) is 4.45. The normalized spacial score (nSPS) is 29.8. The van der Waals surface area contributed by atoms with Gasteiger partial charge in [0.25, 0.3) is 0 Å². The van der Waals surface area contributed by atoms with Crippen LogP contribution in [0.3, 0.4) is 0 Å². The minimum Gasteiger partial charge on any atom is -0.469 e. The van der Waals surface area contributed by atoms with Gasteiger partial charge >= 0.3 is 5.97 Å². The van der Waals surface area contributed by atoms with Crippen molar-refractivity contribution in [3.05, 3.63) is 0 Å². The highest BCUT2D eigenvalue weighted by Gasteiger charge is 2.19. The van der Waals surface area contributed by atoms with Crippen LogP contribution in [0.15, 0.2) is 0 Å². The average molecular weight is 171 g/mol. The molecule has 1 rings (SSSR count). The van der Waals surface area contributed by atoms with Crippen molar-refractivity contribution in [2.24, 2.45) is 5.92 Å². The molecule has 0 bridgehead atoms. The van der Waals surface area contributed by atoms with Crippen molar-refractivity contribution in [2.45, 2.75) is 32.2 Å². The molecule has 2 atom stereocenters. The van der Waals surface area contributed by atoms with Crippen LogP contribution in [0.5, 0.6) is 0 Å². The van der Waals surface area contributed by atoms with Gasteiger partial charge in [-0.25, -0.2) is 0 Å². The lowest BCUT2D eigenvalue weighted by Gasteiger charge is -2.26. The number of esters is 1. The van der Waals surface area contributed by atoms with Crippen LogP contribution in [-0.4, -0.2) is 25.7 Å². The molecule has 0 saturated carbocycles. The van der Waals surface area contributed by atoms with E-state index >= 15 is 0 Å². The highest BCUT2D eigenvalue weighted by Crippen LogP contribution is 2.17. The molecule has 0 aromatic heterocycles. The van der Waals surface area contributed by atoms with Gasteiger partial charge in [-0.05, 0) is 32.2 Å². The van der Waals surface area contributed by atoms with E-state index in [-0.39, 0.29) is 5.97 Å². The molecule has 70 valence electrons. The van der Waals surface area contributed by atoms with Gasteiger partial charge in [-0.2, -0.15) is 0 Å². The van der Waals surface area contributed by atoms with Gasteiger partial charge in [0.15, 0.2) is 0 Å². The van der Waals surface area contributed by atoms with Crippen molar-refractivity contribution in [3.63, 3.8) is 0 Å². The molecule has 1 N–H and O–H groups in total. The summed E-state index contributed by atoms with van der Waals surface area (Å²) >= 11 is 0. The monoisotopic (exact) mass is 171 g/mol. The van der Waals surface area contributed by atoms with Gasteiger partial charge in [0, 0.05) is 12.5 Å². The number of carbonyl (C=O) groups excluding carboxylic acids is 1. The summed E-state index contributed by atoms with van der Waals surface area (Å²) in [4.78, 5) is 10.9. The van der Waals surface area contributed by atoms with E-state index in [2.05, 4.69) is 17.0 Å². The van der Waals surface area contributed by atoms with E-state index in [9.17, 15) is 4.79 Å². The zero-order valence-electron chi connectivity index (χ0n) is 7.80. The smallest absolute Gasteiger partial charge is 0.305 e. The second-order valence-electron chi connectivity index (χ2n) is 3.53. The number of hydrogen-bond donors (Lipinski definition) is 1. The molecule has 1 fully saturated rings. The minimum atomic E-state index is -0.0867. The third-order valence-electron chi connectivity index (χ3n) is 2.45. The van der Waals surface area contributed by atoms with Crippen molar-refractivity contribution >= 4 is 5.97 Å². The van der Waals surface area contributed by atoms with Gasteiger partial charge in [0.2, 0.25) is 0 Å². The fraction of sp³-hybridized carbons (Fsp3) is 0.889. The summed E-state index contributed by atoms with van der Waals surface area (Å²) in [6.07, 6.45) is 2.88. The first kappa shape index (κ1) is 9.52. The van der Waals surface area contributed by atoms with Crippen LogP contribution < -0.4 is 5.32 Å². The highest BCUT2D eigenvalue weighted by molar-refractivity contribution is 5.69. The fourth-order valence-electron chi connectivity index (χ4n) is 1.55. The number of carbonyl (C=O) groups is 1. The topological polar surface area (TPSA) is 38.3 Å². The molecule has 1 heterocycles. The Morgan fingerprint density at radius 1 is 1.58 bits per heavy atom. The Labute approximate surface area is 73.5 Å². The van der Waals surface area contributed by atoms with Crippen LogP contribution in [0.4, 0.5) is 0 Å². The number of piperidine rings is 1. The van der Waals surface area contributed by atoms with Gasteiger partial charge in [0.05, 0.1) is 7.11 Å². The van der Waals surface area contributed by atoms with Gasteiger partial charge in [-0.3, -0.25) is 4.79 Å². The van der Waals surface area contributed by atoms with E-state index in [4.69, 9.17) is 0 Å². The molecule has 12 heavy (non-hydrogen) atoms. The Morgan fingerprint density at radius 2 is 2.33 bits per heavy atom. The van der Waals surface area contributed by atoms with E-state index in [1.165, 1.54) is 13.5 Å². The quantitative estimate of drug-likeness (QED) is 0.628. The van der Waals surface area contributed by atoms with Crippen LogP contribution in [0.25, 0.3) is 0 Å². The lowest BCUT2D eigenvalue weighted by molar-refractivity contribution is -0.141. The summed E-state index contributed by atoms with van der Waals surface area (Å²) < 4.78 is 4.61. The molecule has 0 amide bonds. The molecule has 0 aliphatic carbocycles. The van der Waals surface area contributed by atoms with Crippen molar-refractivity contribution in [1.29, 1.82) is 0 Å². The van der Waals surface area contributed by atoms with Crippen LogP contribution in [-0.2, 0) is 9.53 Å². The molecule has 1 aliphatic heterocycles. The van der Waals surface area contributed by atoms with Crippen LogP contribution >= 0.6 is 0 Å². The number of ether oxygens (including phenoxy) is 1. The number of rotatable bonds is 2. The minimum absolute atomic E-state index is 0.0867. The van der Waals surface area contributed by atoms with Crippen LogP contribution in [0, 0.1) is 5.92 Å². The molecule has 3 nitrogen and oxygen atoms in total. The molecule has 1 aliphatic rings. The lowest BCUT2D eigenvalue weighted by Crippen LogP contribution is -2.37. The SMILES string of the molecule is COC(=O)CC1CCC(C)NC1. The Hall–Kier alpha value is -0.570. The number of nitrogens with one attached hydrogen (secondary N) is 1. The summed E-state index contributed by atoms with van der Waals surface area (Å²) in [5.41, 5.74) is 0. The van der Waals surface area contributed by atoms with Crippen molar-refractivity contribution in [1.82, 2.24) is 5.32 Å². The van der Waals surface area contributed by atoms with Crippen molar-refractivity contribution in [3.8, 4) is 0 Å². The molecule has 0 aromatic carbocycles. The first-order valence-corrected chi connectivity index (χ1v) is 4.52. The van der Waals surface area contributed by atoms with Crippen molar-refractivity contribution < 1.29 is 9.53 Å². The maximum absolute atomic E-state index is 10.9. The summed E-state index contributed by atoms with van der Waals surface area (Å²) in [7, 11) is 1.45. The highest BCUT2D eigenvalue weighted by atomic mass is 16.5. The number of methoxy groups -OCH3 is 1. The first-order chi connectivity index (χ1) is 5.72. The van der Waals surface area contributed by atoms with Crippen LogP contribution in [0.1, 0.15) is 26.2 Å². The van der Waals surface area contributed by atoms with Crippen LogP contribution in [0.2, 0.25) is 0 Å². The predicted molar refractivity (Wildman–Crippen MR) is 46.8 cm³/mol. The summed E-state index contributed by atoms with van der Waals surface area (Å²) in [5, 5.41) is 3.35. The van der Waals surface area contributed by atoms with Crippen molar-refractivity contribution in [2.75, 3.05) is 13.7 Å². The average Bonchev–Trinajstić information content (AvgIpc) is 2.09. The summed E-state index contributed by atoms with van der Waals surface area (Å²) in [6, 6.07) is 0.610. The van der Waals surface area contributed by atoms with Gasteiger partial charge in [0.1, 0.15) is 0 Å². The lowest BCUT2D eigenvalue weighted by atomic mass is 9.93. The van der Waals surface area contributed by atoms with E-state index in [0.29, 0.717) is 18.4 Å². The molecule has 0 spiro atoms. The van der Waals surface area contributed by atoms with E-state index in [1.807, 2.05) is 0 Å². The van der Waals surface area contributed by atoms with Gasteiger partial charge in [-0.15, -0.1) is 0 Å². The second-order valence-corrected chi connectivity index (χ2v) is 3.53. The summed E-state index contributed by atoms with van der Waals surface area (Å²) in [5.74, 6) is 0.394. The maximum Gasteiger partial charge on any atom is 0.305 e. The summed E-state index contributed by atoms with van der Waals surface area (Å²) in [6.45, 7) is 3.13. The van der Waals surface area contributed by atoms with E-state index in [0.717, 1.165) is 13.0 Å². The third-order valence-corrected chi connectivity index (χ3v) is 2.45. The number of hydrogen-bond acceptors (Lipinski definition) is 3. The Bertz CT molecular complexity index is 151. The van der Waals surface area contributed by atoms with Gasteiger partial charge in [-0.1, -0.05) is 0 Å². The predicted octanol–water partition coefficient (Wildman–Crippen LogP) is 0.938. The third kappa shape index (κ3) is 2.81. The fourth-order valence-corrected chi connectivity index (χ4v) is 1.55.